The van der Waals surface area contributed by atoms with Gasteiger partial charge < -0.3 is 14.5 Å². The summed E-state index contributed by atoms with van der Waals surface area (Å²) in [6.45, 7) is 4.71. The average Bonchev–Trinajstić information content (AvgIpc) is 2.73. The molecular weight excluding hydrogens is 384 g/mol. The molecule has 0 spiro atoms. The van der Waals surface area contributed by atoms with Gasteiger partial charge in [-0.05, 0) is 88.8 Å². The average molecular weight is 423 g/mol. The Morgan fingerprint density at radius 1 is 1.00 bits per heavy atom. The van der Waals surface area contributed by atoms with E-state index >= 15 is 0 Å². The maximum absolute atomic E-state index is 12.4. The summed E-state index contributed by atoms with van der Waals surface area (Å²) in [6, 6.07) is 7.21. The minimum atomic E-state index is -0.276. The van der Waals surface area contributed by atoms with Gasteiger partial charge >= 0.3 is 6.09 Å². The standard InChI is InChI=1S/C24H39ClN2O2/c1-4-5-7-18-26(2)19-8-6-9-20-10-14-22(15-11-20)27(3)24(28)29-23-16-12-21(25)13-17-23/h12-13,16-17,20,22H,4-11,14-15,18-19H2,1-3H3. The SMILES string of the molecule is CCCCCN(C)CCCCC1CCC(N(C)C(=O)Oc2ccc(Cl)cc2)CC1. The van der Waals surface area contributed by atoms with E-state index in [9.17, 15) is 4.79 Å². The Morgan fingerprint density at radius 3 is 2.24 bits per heavy atom. The summed E-state index contributed by atoms with van der Waals surface area (Å²) in [7, 11) is 4.11. The molecule has 29 heavy (non-hydrogen) atoms. The number of carbonyl (C=O) groups excluding carboxylic acids is 1. The molecule has 4 nitrogen and oxygen atoms in total. The van der Waals surface area contributed by atoms with E-state index in [2.05, 4.69) is 18.9 Å². The number of unbranched alkanes of at least 4 members (excludes halogenated alkanes) is 3. The first kappa shape index (κ1) is 24.0. The predicted molar refractivity (Wildman–Crippen MR) is 122 cm³/mol. The molecule has 1 aliphatic carbocycles. The first-order valence-electron chi connectivity index (χ1n) is 11.4. The number of rotatable bonds is 11. The van der Waals surface area contributed by atoms with E-state index in [4.69, 9.17) is 16.3 Å². The molecule has 5 heteroatoms. The highest BCUT2D eigenvalue weighted by Gasteiger charge is 2.27. The molecule has 0 radical (unpaired) electrons. The second-order valence-electron chi connectivity index (χ2n) is 8.61. The Balaban J connectivity index is 1.60. The Bertz CT molecular complexity index is 585. The van der Waals surface area contributed by atoms with Crippen LogP contribution in [-0.4, -0.2) is 49.1 Å². The molecule has 0 saturated heterocycles. The lowest BCUT2D eigenvalue weighted by Gasteiger charge is -2.34. The summed E-state index contributed by atoms with van der Waals surface area (Å²) in [5.74, 6) is 1.36. The van der Waals surface area contributed by atoms with Gasteiger partial charge in [-0.15, -0.1) is 0 Å². The molecule has 0 N–H and O–H groups in total. The van der Waals surface area contributed by atoms with Crippen molar-refractivity contribution < 1.29 is 9.53 Å². The van der Waals surface area contributed by atoms with Crippen LogP contribution in [0.15, 0.2) is 24.3 Å². The monoisotopic (exact) mass is 422 g/mol. The van der Waals surface area contributed by atoms with Crippen LogP contribution in [0.5, 0.6) is 5.75 Å². The Hall–Kier alpha value is -1.26. The smallest absolute Gasteiger partial charge is 0.410 e. The molecule has 0 unspecified atom stereocenters. The Morgan fingerprint density at radius 2 is 1.62 bits per heavy atom. The molecule has 0 heterocycles. The van der Waals surface area contributed by atoms with Gasteiger partial charge in [0.2, 0.25) is 0 Å². The molecule has 0 bridgehead atoms. The highest BCUT2D eigenvalue weighted by atomic mass is 35.5. The van der Waals surface area contributed by atoms with Crippen LogP contribution in [0.1, 0.15) is 71.1 Å². The second-order valence-corrected chi connectivity index (χ2v) is 9.05. The topological polar surface area (TPSA) is 32.8 Å². The molecule has 1 aliphatic rings. The highest BCUT2D eigenvalue weighted by molar-refractivity contribution is 6.30. The van der Waals surface area contributed by atoms with Crippen LogP contribution in [0, 0.1) is 5.92 Å². The van der Waals surface area contributed by atoms with Crippen LogP contribution in [-0.2, 0) is 0 Å². The summed E-state index contributed by atoms with van der Waals surface area (Å²) >= 11 is 5.88. The van der Waals surface area contributed by atoms with Gasteiger partial charge in [0.05, 0.1) is 0 Å². The van der Waals surface area contributed by atoms with Gasteiger partial charge in [-0.3, -0.25) is 0 Å². The van der Waals surface area contributed by atoms with Crippen LogP contribution in [0.25, 0.3) is 0 Å². The molecule has 1 saturated carbocycles. The van der Waals surface area contributed by atoms with E-state index < -0.39 is 0 Å². The van der Waals surface area contributed by atoms with Crippen molar-refractivity contribution in [2.24, 2.45) is 5.92 Å². The number of nitrogens with zero attached hydrogens (tertiary/aromatic N) is 2. The fraction of sp³-hybridized carbons (Fsp3) is 0.708. The molecule has 1 aromatic rings. The summed E-state index contributed by atoms with van der Waals surface area (Å²) in [5.41, 5.74) is 0. The lowest BCUT2D eigenvalue weighted by atomic mass is 9.82. The maximum atomic E-state index is 12.4. The first-order valence-corrected chi connectivity index (χ1v) is 11.8. The molecule has 0 aromatic heterocycles. The van der Waals surface area contributed by atoms with Crippen molar-refractivity contribution in [2.75, 3.05) is 27.2 Å². The molecule has 1 amide bonds. The van der Waals surface area contributed by atoms with Crippen molar-refractivity contribution >= 4 is 17.7 Å². The van der Waals surface area contributed by atoms with Crippen LogP contribution in [0.2, 0.25) is 5.02 Å². The van der Waals surface area contributed by atoms with Crippen molar-refractivity contribution in [1.82, 2.24) is 9.80 Å². The molecule has 1 aromatic carbocycles. The maximum Gasteiger partial charge on any atom is 0.415 e. The third-order valence-electron chi connectivity index (χ3n) is 6.22. The third-order valence-corrected chi connectivity index (χ3v) is 6.47. The molecule has 2 rings (SSSR count). The largest absolute Gasteiger partial charge is 0.415 e. The van der Waals surface area contributed by atoms with Crippen molar-refractivity contribution in [3.63, 3.8) is 0 Å². The van der Waals surface area contributed by atoms with Crippen molar-refractivity contribution in [2.45, 2.75) is 77.2 Å². The summed E-state index contributed by atoms with van der Waals surface area (Å²) in [6.07, 6.45) is 12.2. The van der Waals surface area contributed by atoms with Crippen LogP contribution >= 0.6 is 11.6 Å². The number of hydrogen-bond donors (Lipinski definition) is 0. The summed E-state index contributed by atoms with van der Waals surface area (Å²) in [4.78, 5) is 16.7. The third kappa shape index (κ3) is 8.96. The van der Waals surface area contributed by atoms with Crippen LogP contribution < -0.4 is 4.74 Å². The van der Waals surface area contributed by atoms with Crippen molar-refractivity contribution in [3.05, 3.63) is 29.3 Å². The van der Waals surface area contributed by atoms with E-state index in [1.165, 1.54) is 64.5 Å². The lowest BCUT2D eigenvalue weighted by molar-refractivity contribution is 0.123. The van der Waals surface area contributed by atoms with Gasteiger partial charge in [-0.2, -0.15) is 0 Å². The minimum Gasteiger partial charge on any atom is -0.410 e. The predicted octanol–water partition coefficient (Wildman–Crippen LogP) is 6.62. The summed E-state index contributed by atoms with van der Waals surface area (Å²) in [5, 5.41) is 0.639. The van der Waals surface area contributed by atoms with Gasteiger partial charge in [-0.25, -0.2) is 4.79 Å². The van der Waals surface area contributed by atoms with E-state index in [1.807, 2.05) is 7.05 Å². The number of halogens is 1. The quantitative estimate of drug-likeness (QED) is 0.375. The van der Waals surface area contributed by atoms with E-state index in [-0.39, 0.29) is 12.1 Å². The Kier molecular flexibility index (Phi) is 10.9. The van der Waals surface area contributed by atoms with Gasteiger partial charge in [0, 0.05) is 18.1 Å². The number of ether oxygens (including phenoxy) is 1. The van der Waals surface area contributed by atoms with E-state index in [0.29, 0.717) is 10.8 Å². The number of carbonyl (C=O) groups is 1. The van der Waals surface area contributed by atoms with Crippen LogP contribution in [0.3, 0.4) is 0 Å². The second kappa shape index (κ2) is 13.1. The van der Waals surface area contributed by atoms with E-state index in [0.717, 1.165) is 18.8 Å². The van der Waals surface area contributed by atoms with Crippen LogP contribution in [0.4, 0.5) is 4.79 Å². The van der Waals surface area contributed by atoms with Gasteiger partial charge in [0.25, 0.3) is 0 Å². The molecule has 0 atom stereocenters. The zero-order valence-electron chi connectivity index (χ0n) is 18.5. The molecule has 0 aliphatic heterocycles. The zero-order chi connectivity index (χ0) is 21.1. The van der Waals surface area contributed by atoms with Crippen molar-refractivity contribution in [1.29, 1.82) is 0 Å². The Labute approximate surface area is 182 Å². The highest BCUT2D eigenvalue weighted by Crippen LogP contribution is 2.31. The molecule has 164 valence electrons. The normalized spacial score (nSPS) is 19.3. The zero-order valence-corrected chi connectivity index (χ0v) is 19.3. The minimum absolute atomic E-state index is 0.276. The van der Waals surface area contributed by atoms with Crippen molar-refractivity contribution in [3.8, 4) is 5.75 Å². The fourth-order valence-corrected chi connectivity index (χ4v) is 4.33. The number of benzene rings is 1. The van der Waals surface area contributed by atoms with Gasteiger partial charge in [0.1, 0.15) is 5.75 Å². The molecular formula is C24H39ClN2O2. The molecule has 1 fully saturated rings. The van der Waals surface area contributed by atoms with Gasteiger partial charge in [0.15, 0.2) is 0 Å². The number of hydrogen-bond acceptors (Lipinski definition) is 3. The first-order chi connectivity index (χ1) is 14.0. The lowest BCUT2D eigenvalue weighted by Crippen LogP contribution is -2.41. The summed E-state index contributed by atoms with van der Waals surface area (Å²) < 4.78 is 5.47. The number of amides is 1. The fourth-order valence-electron chi connectivity index (χ4n) is 4.20. The van der Waals surface area contributed by atoms with E-state index in [1.54, 1.807) is 29.2 Å². The van der Waals surface area contributed by atoms with Gasteiger partial charge in [-0.1, -0.05) is 44.2 Å².